The van der Waals surface area contributed by atoms with Crippen LogP contribution in [0.25, 0.3) is 0 Å². The molecule has 0 radical (unpaired) electrons. The fraction of sp³-hybridized carbons (Fsp3) is 0. The van der Waals surface area contributed by atoms with Crippen molar-refractivity contribution in [2.24, 2.45) is 0 Å². The predicted molar refractivity (Wildman–Crippen MR) is 58.1 cm³/mol. The van der Waals surface area contributed by atoms with Crippen LogP contribution in [0.5, 0.6) is 5.75 Å². The van der Waals surface area contributed by atoms with E-state index >= 15 is 0 Å². The first-order valence-electron chi connectivity index (χ1n) is 4.65. The van der Waals surface area contributed by atoms with Gasteiger partial charge in [-0.2, -0.15) is 0 Å². The van der Waals surface area contributed by atoms with Gasteiger partial charge in [0.15, 0.2) is 0 Å². The molecule has 0 spiro atoms. The van der Waals surface area contributed by atoms with Crippen molar-refractivity contribution in [3.63, 3.8) is 0 Å². The second-order valence-corrected chi connectivity index (χ2v) is 3.06. The summed E-state index contributed by atoms with van der Waals surface area (Å²) in [5, 5.41) is 9.50. The van der Waals surface area contributed by atoms with Crippen LogP contribution in [0.1, 0.15) is 5.56 Å². The highest BCUT2D eigenvalue weighted by Gasteiger charge is 1.98. The molecule has 15 heavy (non-hydrogen) atoms. The van der Waals surface area contributed by atoms with E-state index in [0.29, 0.717) is 0 Å². The van der Waals surface area contributed by atoms with Crippen LogP contribution in [0.4, 0.5) is 5.82 Å². The molecule has 0 fully saturated rings. The summed E-state index contributed by atoms with van der Waals surface area (Å²) in [5.41, 5.74) is 0.739. The first-order chi connectivity index (χ1) is 7.36. The summed E-state index contributed by atoms with van der Waals surface area (Å²) in [7, 11) is 0. The van der Waals surface area contributed by atoms with Gasteiger partial charge < -0.3 is 5.11 Å². The van der Waals surface area contributed by atoms with E-state index in [1.807, 2.05) is 30.3 Å². The predicted octanol–water partition coefficient (Wildman–Crippen LogP) is 0.618. The van der Waals surface area contributed by atoms with Gasteiger partial charge in [0, 0.05) is 6.07 Å². The zero-order chi connectivity index (χ0) is 10.5. The molecule has 74 valence electrons. The van der Waals surface area contributed by atoms with E-state index in [1.54, 1.807) is 24.5 Å². The van der Waals surface area contributed by atoms with Crippen molar-refractivity contribution in [2.45, 2.75) is 0 Å². The molecular formula is C12H11N2O+. The number of hydrogen-bond donors (Lipinski definition) is 2. The minimum absolute atomic E-state index is 0.251. The van der Waals surface area contributed by atoms with Crippen LogP contribution >= 0.6 is 0 Å². The van der Waals surface area contributed by atoms with Crippen molar-refractivity contribution in [3.8, 4) is 5.75 Å². The molecule has 1 aromatic carbocycles. The molecular weight excluding hydrogens is 188 g/mol. The van der Waals surface area contributed by atoms with E-state index in [2.05, 4.69) is 9.98 Å². The highest BCUT2D eigenvalue weighted by Crippen LogP contribution is 2.11. The lowest BCUT2D eigenvalue weighted by atomic mass is 10.2. The molecule has 0 atom stereocenters. The molecule has 2 N–H and O–H groups in total. The maximum absolute atomic E-state index is 9.50. The number of nitrogens with one attached hydrogen (secondary N) is 1. The van der Waals surface area contributed by atoms with Gasteiger partial charge in [-0.25, -0.2) is 4.99 Å². The summed E-state index contributed by atoms with van der Waals surface area (Å²) in [6, 6.07) is 12.7. The van der Waals surface area contributed by atoms with Crippen molar-refractivity contribution in [2.75, 3.05) is 0 Å². The Bertz CT molecular complexity index is 466. The molecule has 3 heteroatoms. The monoisotopic (exact) mass is 199 g/mol. The molecule has 0 aliphatic rings. The van der Waals surface area contributed by atoms with E-state index in [0.717, 1.165) is 11.4 Å². The SMILES string of the molecule is Oc1ccccc1C=[NH+]c1ccccn1. The Labute approximate surface area is 87.8 Å². The average molecular weight is 199 g/mol. The van der Waals surface area contributed by atoms with Crippen LogP contribution in [-0.4, -0.2) is 16.3 Å². The van der Waals surface area contributed by atoms with Gasteiger partial charge in [0.2, 0.25) is 0 Å². The molecule has 0 amide bonds. The fourth-order valence-electron chi connectivity index (χ4n) is 1.21. The molecule has 0 aliphatic carbocycles. The lowest BCUT2D eigenvalue weighted by Crippen LogP contribution is -2.62. The minimum atomic E-state index is 0.251. The Morgan fingerprint density at radius 3 is 2.60 bits per heavy atom. The normalized spacial score (nSPS) is 10.7. The van der Waals surface area contributed by atoms with Crippen LogP contribution < -0.4 is 4.99 Å². The van der Waals surface area contributed by atoms with Crippen LogP contribution in [0.2, 0.25) is 0 Å². The Balaban J connectivity index is 2.23. The van der Waals surface area contributed by atoms with Gasteiger partial charge in [0.1, 0.15) is 11.9 Å². The van der Waals surface area contributed by atoms with E-state index in [4.69, 9.17) is 0 Å². The summed E-state index contributed by atoms with van der Waals surface area (Å²) >= 11 is 0. The average Bonchev–Trinajstić information content (AvgIpc) is 2.29. The lowest BCUT2D eigenvalue weighted by Gasteiger charge is -1.93. The number of hydrogen-bond acceptors (Lipinski definition) is 2. The van der Waals surface area contributed by atoms with Crippen LogP contribution in [0.3, 0.4) is 0 Å². The topological polar surface area (TPSA) is 47.1 Å². The van der Waals surface area contributed by atoms with Crippen LogP contribution in [0, 0.1) is 0 Å². The van der Waals surface area contributed by atoms with Crippen molar-refractivity contribution >= 4 is 12.0 Å². The third-order valence-corrected chi connectivity index (χ3v) is 1.98. The molecule has 1 heterocycles. The maximum atomic E-state index is 9.50. The number of para-hydroxylation sites is 1. The second kappa shape index (κ2) is 4.37. The summed E-state index contributed by atoms with van der Waals surface area (Å²) < 4.78 is 0. The van der Waals surface area contributed by atoms with E-state index in [-0.39, 0.29) is 5.75 Å². The Hall–Kier alpha value is -2.16. The van der Waals surface area contributed by atoms with E-state index in [1.165, 1.54) is 0 Å². The standard InChI is InChI=1S/C12H10N2O/c15-11-6-2-1-5-10(11)9-14-12-7-3-4-8-13-12/h1-9,15H/p+1. The number of pyridine rings is 1. The molecule has 0 aliphatic heterocycles. The maximum Gasteiger partial charge on any atom is 0.320 e. The van der Waals surface area contributed by atoms with Crippen molar-refractivity contribution in [1.82, 2.24) is 4.98 Å². The molecule has 2 aromatic rings. The third kappa shape index (κ3) is 2.40. The smallest absolute Gasteiger partial charge is 0.320 e. The summed E-state index contributed by atoms with van der Waals surface area (Å²) in [4.78, 5) is 7.11. The number of aromatic nitrogens is 1. The Morgan fingerprint density at radius 2 is 1.87 bits per heavy atom. The van der Waals surface area contributed by atoms with Crippen molar-refractivity contribution in [1.29, 1.82) is 0 Å². The van der Waals surface area contributed by atoms with Crippen molar-refractivity contribution in [3.05, 3.63) is 54.2 Å². The van der Waals surface area contributed by atoms with Crippen molar-refractivity contribution < 1.29 is 10.1 Å². The number of nitrogens with zero attached hydrogens (tertiary/aromatic N) is 1. The third-order valence-electron chi connectivity index (χ3n) is 1.98. The summed E-state index contributed by atoms with van der Waals surface area (Å²) in [6.07, 6.45) is 3.43. The van der Waals surface area contributed by atoms with Gasteiger partial charge in [-0.15, -0.1) is 0 Å². The number of benzene rings is 1. The van der Waals surface area contributed by atoms with Gasteiger partial charge in [-0.05, 0) is 18.2 Å². The highest BCUT2D eigenvalue weighted by molar-refractivity contribution is 5.79. The van der Waals surface area contributed by atoms with Crippen LogP contribution in [-0.2, 0) is 0 Å². The zero-order valence-corrected chi connectivity index (χ0v) is 8.09. The molecule has 0 saturated carbocycles. The number of phenolic OH excluding ortho intramolecular Hbond substituents is 1. The molecule has 0 bridgehead atoms. The van der Waals surface area contributed by atoms with E-state index < -0.39 is 0 Å². The Morgan fingerprint density at radius 1 is 1.07 bits per heavy atom. The highest BCUT2D eigenvalue weighted by atomic mass is 16.3. The quantitative estimate of drug-likeness (QED) is 0.696. The summed E-state index contributed by atoms with van der Waals surface area (Å²) in [6.45, 7) is 0. The second-order valence-electron chi connectivity index (χ2n) is 3.06. The van der Waals surface area contributed by atoms with Gasteiger partial charge in [0.25, 0.3) is 0 Å². The van der Waals surface area contributed by atoms with Gasteiger partial charge in [-0.1, -0.05) is 23.2 Å². The minimum Gasteiger partial charge on any atom is -0.507 e. The number of aromatic hydroxyl groups is 1. The molecule has 0 saturated heterocycles. The molecule has 1 aromatic heterocycles. The first kappa shape index (κ1) is 9.40. The summed E-state index contributed by atoms with van der Waals surface area (Å²) in [5.74, 6) is 1.00. The first-order valence-corrected chi connectivity index (χ1v) is 4.65. The lowest BCUT2D eigenvalue weighted by molar-refractivity contribution is -0.352. The van der Waals surface area contributed by atoms with Gasteiger partial charge in [-0.3, -0.25) is 0 Å². The number of phenols is 1. The number of rotatable bonds is 2. The zero-order valence-electron chi connectivity index (χ0n) is 8.09. The largest absolute Gasteiger partial charge is 0.507 e. The van der Waals surface area contributed by atoms with Gasteiger partial charge >= 0.3 is 5.82 Å². The van der Waals surface area contributed by atoms with Crippen LogP contribution in [0.15, 0.2) is 48.7 Å². The Kier molecular flexibility index (Phi) is 2.74. The molecule has 3 nitrogen and oxygen atoms in total. The van der Waals surface area contributed by atoms with Gasteiger partial charge in [0.05, 0.1) is 11.8 Å². The fourth-order valence-corrected chi connectivity index (χ4v) is 1.21. The van der Waals surface area contributed by atoms with E-state index in [9.17, 15) is 5.11 Å². The molecule has 0 unspecified atom stereocenters. The molecule has 2 rings (SSSR count).